The maximum atomic E-state index is 12.7. The number of H-pyrrole nitrogens is 1. The Kier molecular flexibility index (Phi) is 5.87. The van der Waals surface area contributed by atoms with E-state index < -0.39 is 0 Å². The Bertz CT molecular complexity index is 852. The molecule has 0 aliphatic carbocycles. The van der Waals surface area contributed by atoms with Crippen LogP contribution in [0.2, 0.25) is 0 Å². The number of rotatable bonds is 5. The maximum Gasteiger partial charge on any atom is 0.230 e. The Morgan fingerprint density at radius 2 is 1.86 bits per heavy atom. The van der Waals surface area contributed by atoms with Gasteiger partial charge in [0.05, 0.1) is 12.8 Å². The van der Waals surface area contributed by atoms with Crippen LogP contribution in [0.5, 0.6) is 0 Å². The van der Waals surface area contributed by atoms with E-state index in [1.165, 1.54) is 0 Å². The van der Waals surface area contributed by atoms with Crippen LogP contribution in [0.25, 0.3) is 0 Å². The van der Waals surface area contributed by atoms with Crippen LogP contribution < -0.4 is 0 Å². The number of nitrogens with one attached hydrogen (secondary N) is 1. The highest BCUT2D eigenvalue weighted by Crippen LogP contribution is 2.31. The third kappa shape index (κ3) is 4.81. The lowest BCUT2D eigenvalue weighted by atomic mass is 9.85. The summed E-state index contributed by atoms with van der Waals surface area (Å²) in [4.78, 5) is 37.6. The maximum absolute atomic E-state index is 12.7. The van der Waals surface area contributed by atoms with Crippen molar-refractivity contribution >= 4 is 11.8 Å². The van der Waals surface area contributed by atoms with Crippen molar-refractivity contribution < 1.29 is 9.59 Å². The Labute approximate surface area is 170 Å². The lowest BCUT2D eigenvalue weighted by Gasteiger charge is -2.35. The predicted octanol–water partition coefficient (Wildman–Crippen LogP) is 1.38. The number of pyridine rings is 1. The van der Waals surface area contributed by atoms with Crippen molar-refractivity contribution in [3.8, 4) is 0 Å². The minimum absolute atomic E-state index is 0.0937. The van der Waals surface area contributed by atoms with Crippen molar-refractivity contribution in [2.75, 3.05) is 26.2 Å². The van der Waals surface area contributed by atoms with E-state index in [2.05, 4.69) is 20.2 Å². The van der Waals surface area contributed by atoms with Gasteiger partial charge in [-0.2, -0.15) is 5.10 Å². The van der Waals surface area contributed by atoms with Gasteiger partial charge in [-0.1, -0.05) is 6.07 Å². The third-order valence-electron chi connectivity index (χ3n) is 6.09. The molecule has 2 aromatic rings. The molecule has 0 bridgehead atoms. The number of aromatic amines is 1. The van der Waals surface area contributed by atoms with Crippen LogP contribution in [0, 0.1) is 18.8 Å². The molecule has 2 amide bonds. The molecule has 8 nitrogen and oxygen atoms in total. The molecule has 2 aromatic heterocycles. The lowest BCUT2D eigenvalue weighted by Crippen LogP contribution is -2.43. The molecule has 2 aliphatic rings. The third-order valence-corrected chi connectivity index (χ3v) is 6.09. The second kappa shape index (κ2) is 8.71. The van der Waals surface area contributed by atoms with Gasteiger partial charge in [0.1, 0.15) is 5.82 Å². The Hall–Kier alpha value is -2.77. The summed E-state index contributed by atoms with van der Waals surface area (Å²) in [7, 11) is 0. The number of hydrogen-bond acceptors (Lipinski definition) is 5. The number of amides is 2. The molecule has 0 saturated carbocycles. The molecule has 4 rings (SSSR count). The molecule has 4 heterocycles. The molecule has 2 fully saturated rings. The molecule has 154 valence electrons. The molecule has 2 aliphatic heterocycles. The number of piperidine rings is 1. The summed E-state index contributed by atoms with van der Waals surface area (Å²) in [5, 5.41) is 6.87. The summed E-state index contributed by atoms with van der Waals surface area (Å²) in [6.07, 6.45) is 7.29. The van der Waals surface area contributed by atoms with E-state index in [4.69, 9.17) is 0 Å². The van der Waals surface area contributed by atoms with Crippen LogP contribution in [0.15, 0.2) is 24.5 Å². The highest BCUT2D eigenvalue weighted by atomic mass is 16.2. The molecule has 0 aromatic carbocycles. The van der Waals surface area contributed by atoms with Crippen molar-refractivity contribution in [1.82, 2.24) is 30.0 Å². The Balaban J connectivity index is 1.29. The highest BCUT2D eigenvalue weighted by Gasteiger charge is 2.35. The van der Waals surface area contributed by atoms with Gasteiger partial charge in [-0.05, 0) is 49.7 Å². The van der Waals surface area contributed by atoms with E-state index in [-0.39, 0.29) is 18.2 Å². The average molecular weight is 396 g/mol. The standard InChI is InChI=1S/C21H28N6O2/c1-15-23-19(25-24-15)11-21(29)26-8-3-5-17(13-26)18-6-9-27(14-18)20(28)10-16-4-2-7-22-12-16/h2,4,7,12,17-18H,3,5-6,8-11,13-14H2,1H3,(H,23,24,25). The van der Waals surface area contributed by atoms with Crippen LogP contribution in [0.3, 0.4) is 0 Å². The van der Waals surface area contributed by atoms with Crippen molar-refractivity contribution in [3.63, 3.8) is 0 Å². The van der Waals surface area contributed by atoms with Crippen LogP contribution >= 0.6 is 0 Å². The van der Waals surface area contributed by atoms with Gasteiger partial charge in [-0.15, -0.1) is 0 Å². The zero-order valence-corrected chi connectivity index (χ0v) is 16.9. The average Bonchev–Trinajstić information content (AvgIpc) is 3.38. The molecule has 0 radical (unpaired) electrons. The molecule has 2 atom stereocenters. The van der Waals surface area contributed by atoms with Crippen LogP contribution in [0.1, 0.15) is 36.5 Å². The molecule has 29 heavy (non-hydrogen) atoms. The van der Waals surface area contributed by atoms with Crippen LogP contribution in [-0.4, -0.2) is 68.0 Å². The lowest BCUT2D eigenvalue weighted by molar-refractivity contribution is -0.133. The monoisotopic (exact) mass is 396 g/mol. The van der Waals surface area contributed by atoms with Gasteiger partial charge in [0.2, 0.25) is 11.8 Å². The number of nitrogens with zero attached hydrogens (tertiary/aromatic N) is 5. The van der Waals surface area contributed by atoms with Crippen molar-refractivity contribution in [2.24, 2.45) is 11.8 Å². The van der Waals surface area contributed by atoms with E-state index in [0.29, 0.717) is 24.1 Å². The summed E-state index contributed by atoms with van der Waals surface area (Å²) in [5.41, 5.74) is 0.956. The number of carbonyl (C=O) groups is 2. The largest absolute Gasteiger partial charge is 0.342 e. The van der Waals surface area contributed by atoms with Gasteiger partial charge in [-0.25, -0.2) is 4.98 Å². The molecule has 2 unspecified atom stereocenters. The smallest absolute Gasteiger partial charge is 0.230 e. The second-order valence-electron chi connectivity index (χ2n) is 8.18. The predicted molar refractivity (Wildman–Crippen MR) is 107 cm³/mol. The SMILES string of the molecule is Cc1nc(CC(=O)N2CCCC(C3CCN(C(=O)Cc4cccnc4)C3)C2)n[nH]1. The second-order valence-corrected chi connectivity index (χ2v) is 8.18. The number of aryl methyl sites for hydroxylation is 1. The summed E-state index contributed by atoms with van der Waals surface area (Å²) in [5.74, 6) is 2.47. The van der Waals surface area contributed by atoms with Gasteiger partial charge < -0.3 is 9.80 Å². The summed E-state index contributed by atoms with van der Waals surface area (Å²) in [6, 6.07) is 3.81. The minimum atomic E-state index is 0.0937. The quantitative estimate of drug-likeness (QED) is 0.824. The molecule has 8 heteroatoms. The summed E-state index contributed by atoms with van der Waals surface area (Å²) in [6.45, 7) is 5.02. The van der Waals surface area contributed by atoms with Crippen molar-refractivity contribution in [2.45, 2.75) is 39.0 Å². The molecule has 0 spiro atoms. The first kappa shape index (κ1) is 19.5. The summed E-state index contributed by atoms with van der Waals surface area (Å²) >= 11 is 0. The van der Waals surface area contributed by atoms with Crippen LogP contribution in [0.4, 0.5) is 0 Å². The molecule has 2 saturated heterocycles. The normalized spacial score (nSPS) is 22.1. The Morgan fingerprint density at radius 1 is 1.10 bits per heavy atom. The topological polar surface area (TPSA) is 95.1 Å². The van der Waals surface area contributed by atoms with Crippen molar-refractivity contribution in [3.05, 3.63) is 41.7 Å². The number of aromatic nitrogens is 4. The number of carbonyl (C=O) groups excluding carboxylic acids is 2. The van der Waals surface area contributed by atoms with Gasteiger partial charge in [0.25, 0.3) is 0 Å². The molecular formula is C21H28N6O2. The van der Waals surface area contributed by atoms with Crippen LogP contribution in [-0.2, 0) is 22.4 Å². The summed E-state index contributed by atoms with van der Waals surface area (Å²) < 4.78 is 0. The Morgan fingerprint density at radius 3 is 2.59 bits per heavy atom. The zero-order valence-electron chi connectivity index (χ0n) is 16.9. The van der Waals surface area contributed by atoms with Gasteiger partial charge in [0.15, 0.2) is 5.82 Å². The zero-order chi connectivity index (χ0) is 20.2. The van der Waals surface area contributed by atoms with E-state index in [9.17, 15) is 9.59 Å². The van der Waals surface area contributed by atoms with Gasteiger partial charge in [-0.3, -0.25) is 19.7 Å². The number of likely N-dealkylation sites (tertiary alicyclic amines) is 2. The van der Waals surface area contributed by atoms with Gasteiger partial charge in [0, 0.05) is 38.6 Å². The first-order chi connectivity index (χ1) is 14.1. The fourth-order valence-corrected chi connectivity index (χ4v) is 4.52. The minimum Gasteiger partial charge on any atom is -0.342 e. The van der Waals surface area contributed by atoms with Gasteiger partial charge >= 0.3 is 0 Å². The molecule has 1 N–H and O–H groups in total. The van der Waals surface area contributed by atoms with E-state index in [1.54, 1.807) is 12.4 Å². The fourth-order valence-electron chi connectivity index (χ4n) is 4.52. The van der Waals surface area contributed by atoms with E-state index in [1.807, 2.05) is 28.9 Å². The van der Waals surface area contributed by atoms with Crippen molar-refractivity contribution in [1.29, 1.82) is 0 Å². The molecular weight excluding hydrogens is 368 g/mol. The first-order valence-corrected chi connectivity index (χ1v) is 10.4. The number of hydrogen-bond donors (Lipinski definition) is 1. The fraction of sp³-hybridized carbons (Fsp3) is 0.571. The first-order valence-electron chi connectivity index (χ1n) is 10.4. The highest BCUT2D eigenvalue weighted by molar-refractivity contribution is 5.79. The van der Waals surface area contributed by atoms with E-state index >= 15 is 0 Å². The van der Waals surface area contributed by atoms with E-state index in [0.717, 1.165) is 56.8 Å².